The highest BCUT2D eigenvalue weighted by Gasteiger charge is 2.24. The first kappa shape index (κ1) is 24.3. The van der Waals surface area contributed by atoms with Crippen LogP contribution in [0.2, 0.25) is 0 Å². The quantitative estimate of drug-likeness (QED) is 0.286. The van der Waals surface area contributed by atoms with Crippen LogP contribution in [-0.2, 0) is 17.6 Å². The molecule has 1 aromatic heterocycles. The summed E-state index contributed by atoms with van der Waals surface area (Å²) in [6.07, 6.45) is 7.78. The molecule has 0 bridgehead atoms. The van der Waals surface area contributed by atoms with Crippen LogP contribution in [0.1, 0.15) is 37.3 Å². The molecule has 0 amide bonds. The van der Waals surface area contributed by atoms with E-state index >= 15 is 0 Å². The van der Waals surface area contributed by atoms with E-state index in [1.807, 2.05) is 7.05 Å². The van der Waals surface area contributed by atoms with Crippen molar-refractivity contribution in [2.75, 3.05) is 46.4 Å². The summed E-state index contributed by atoms with van der Waals surface area (Å²) in [5, 5.41) is 8.49. The van der Waals surface area contributed by atoms with E-state index in [-0.39, 0.29) is 24.0 Å². The standard InChI is InChI=1S/C24H37N5O.HI/c1-3-19-5-4-6-22-20(15-27-23(19)22)7-11-26-24(25-2)28-21-8-12-29(13-9-21)16-18-10-14-30-17-18;/h4-6,15,18,21,27H,3,7-14,16-17H2,1-2H3,(H2,25,26,28);1H. The first-order valence-electron chi connectivity index (χ1n) is 11.6. The summed E-state index contributed by atoms with van der Waals surface area (Å²) in [6.45, 7) is 8.52. The molecule has 3 heterocycles. The van der Waals surface area contributed by atoms with Crippen LogP contribution in [0.25, 0.3) is 10.9 Å². The average Bonchev–Trinajstić information content (AvgIpc) is 3.44. The molecular weight excluding hydrogens is 501 g/mol. The monoisotopic (exact) mass is 539 g/mol. The van der Waals surface area contributed by atoms with Gasteiger partial charge in [-0.15, -0.1) is 24.0 Å². The number of ether oxygens (including phenoxy) is 1. The third kappa shape index (κ3) is 6.35. The van der Waals surface area contributed by atoms with Crippen molar-refractivity contribution in [2.24, 2.45) is 10.9 Å². The van der Waals surface area contributed by atoms with E-state index in [0.717, 1.165) is 44.5 Å². The number of aromatic nitrogens is 1. The molecule has 4 rings (SSSR count). The Morgan fingerprint density at radius 1 is 1.23 bits per heavy atom. The molecule has 3 N–H and O–H groups in total. The smallest absolute Gasteiger partial charge is 0.191 e. The van der Waals surface area contributed by atoms with Crippen LogP contribution in [0, 0.1) is 5.92 Å². The van der Waals surface area contributed by atoms with E-state index in [1.54, 1.807) is 0 Å². The van der Waals surface area contributed by atoms with Crippen molar-refractivity contribution in [2.45, 2.75) is 45.1 Å². The first-order chi connectivity index (χ1) is 14.8. The molecule has 1 atom stereocenters. The molecule has 0 spiro atoms. The van der Waals surface area contributed by atoms with E-state index < -0.39 is 0 Å². The maximum atomic E-state index is 5.52. The molecule has 6 nitrogen and oxygen atoms in total. The predicted octanol–water partition coefficient (Wildman–Crippen LogP) is 3.56. The van der Waals surface area contributed by atoms with Crippen molar-refractivity contribution in [3.8, 4) is 0 Å². The Morgan fingerprint density at radius 3 is 2.77 bits per heavy atom. The van der Waals surface area contributed by atoms with Gasteiger partial charge in [0.15, 0.2) is 5.96 Å². The summed E-state index contributed by atoms with van der Waals surface area (Å²) in [5.41, 5.74) is 4.04. The number of para-hydroxylation sites is 1. The summed E-state index contributed by atoms with van der Waals surface area (Å²) >= 11 is 0. The zero-order valence-corrected chi connectivity index (χ0v) is 21.3. The minimum atomic E-state index is 0. The Labute approximate surface area is 203 Å². The Hall–Kier alpha value is -1.32. The zero-order valence-electron chi connectivity index (χ0n) is 19.0. The van der Waals surface area contributed by atoms with Crippen LogP contribution in [0.15, 0.2) is 29.4 Å². The van der Waals surface area contributed by atoms with Gasteiger partial charge in [0.25, 0.3) is 0 Å². The predicted molar refractivity (Wildman–Crippen MR) is 140 cm³/mol. The van der Waals surface area contributed by atoms with Crippen LogP contribution in [0.4, 0.5) is 0 Å². The van der Waals surface area contributed by atoms with Gasteiger partial charge in [-0.25, -0.2) is 0 Å². The maximum absolute atomic E-state index is 5.52. The number of halogens is 1. The SMILES string of the molecule is CCc1cccc2c(CCNC(=NC)NC3CCN(CC4CCOC4)CC3)c[nH]c12.I. The molecule has 2 saturated heterocycles. The Morgan fingerprint density at radius 2 is 2.06 bits per heavy atom. The van der Waals surface area contributed by atoms with E-state index in [2.05, 4.69) is 56.8 Å². The lowest BCUT2D eigenvalue weighted by Gasteiger charge is -2.34. The van der Waals surface area contributed by atoms with E-state index in [4.69, 9.17) is 4.74 Å². The number of nitrogens with zero attached hydrogens (tertiary/aromatic N) is 2. The molecule has 2 aromatic rings. The van der Waals surface area contributed by atoms with Crippen molar-refractivity contribution < 1.29 is 4.74 Å². The van der Waals surface area contributed by atoms with E-state index in [1.165, 1.54) is 60.9 Å². The van der Waals surface area contributed by atoms with Crippen LogP contribution >= 0.6 is 24.0 Å². The average molecular weight is 540 g/mol. The van der Waals surface area contributed by atoms with Crippen LogP contribution in [0.3, 0.4) is 0 Å². The molecule has 31 heavy (non-hydrogen) atoms. The largest absolute Gasteiger partial charge is 0.381 e. The highest BCUT2D eigenvalue weighted by atomic mass is 127. The minimum Gasteiger partial charge on any atom is -0.381 e. The van der Waals surface area contributed by atoms with Crippen LogP contribution in [0.5, 0.6) is 0 Å². The van der Waals surface area contributed by atoms with Gasteiger partial charge in [-0.05, 0) is 49.1 Å². The molecule has 7 heteroatoms. The lowest BCUT2D eigenvalue weighted by atomic mass is 10.0. The fourth-order valence-corrected chi connectivity index (χ4v) is 4.83. The number of piperidine rings is 1. The normalized spacial score (nSPS) is 20.7. The molecule has 0 aliphatic carbocycles. The molecule has 1 unspecified atom stereocenters. The molecule has 2 aliphatic rings. The summed E-state index contributed by atoms with van der Waals surface area (Å²) in [6, 6.07) is 7.10. The molecule has 2 aliphatic heterocycles. The second-order valence-electron chi connectivity index (χ2n) is 8.70. The maximum Gasteiger partial charge on any atom is 0.191 e. The topological polar surface area (TPSA) is 64.7 Å². The Kier molecular flexibility index (Phi) is 9.47. The van der Waals surface area contributed by atoms with Crippen molar-refractivity contribution in [1.29, 1.82) is 0 Å². The second-order valence-corrected chi connectivity index (χ2v) is 8.70. The zero-order chi connectivity index (χ0) is 20.8. The number of rotatable bonds is 7. The van der Waals surface area contributed by atoms with Gasteiger partial charge in [-0.3, -0.25) is 4.99 Å². The molecule has 0 saturated carbocycles. The van der Waals surface area contributed by atoms with Crippen molar-refractivity contribution in [1.82, 2.24) is 20.5 Å². The van der Waals surface area contributed by atoms with Gasteiger partial charge >= 0.3 is 0 Å². The summed E-state index contributed by atoms with van der Waals surface area (Å²) in [4.78, 5) is 10.5. The lowest BCUT2D eigenvalue weighted by molar-refractivity contribution is 0.150. The fourth-order valence-electron chi connectivity index (χ4n) is 4.83. The number of likely N-dealkylation sites (tertiary alicyclic amines) is 1. The Bertz CT molecular complexity index is 838. The van der Waals surface area contributed by atoms with Gasteiger partial charge in [0.05, 0.1) is 6.61 Å². The summed E-state index contributed by atoms with van der Waals surface area (Å²) in [7, 11) is 1.86. The van der Waals surface area contributed by atoms with Gasteiger partial charge in [-0.1, -0.05) is 25.1 Å². The number of nitrogens with one attached hydrogen (secondary N) is 3. The summed E-state index contributed by atoms with van der Waals surface area (Å²) in [5.74, 6) is 1.66. The van der Waals surface area contributed by atoms with Gasteiger partial charge in [0.1, 0.15) is 0 Å². The van der Waals surface area contributed by atoms with Crippen molar-refractivity contribution in [3.63, 3.8) is 0 Å². The third-order valence-corrected chi connectivity index (χ3v) is 6.65. The summed E-state index contributed by atoms with van der Waals surface area (Å²) < 4.78 is 5.52. The van der Waals surface area contributed by atoms with Gasteiger partial charge in [0.2, 0.25) is 0 Å². The van der Waals surface area contributed by atoms with Crippen LogP contribution in [-0.4, -0.2) is 68.3 Å². The van der Waals surface area contributed by atoms with Gasteiger partial charge in [0, 0.05) is 63.0 Å². The number of aliphatic imine (C=N–C) groups is 1. The van der Waals surface area contributed by atoms with E-state index in [9.17, 15) is 0 Å². The number of guanidine groups is 1. The third-order valence-electron chi connectivity index (χ3n) is 6.65. The van der Waals surface area contributed by atoms with Crippen LogP contribution < -0.4 is 10.6 Å². The number of aryl methyl sites for hydroxylation is 1. The van der Waals surface area contributed by atoms with Crippen molar-refractivity contribution >= 4 is 40.8 Å². The van der Waals surface area contributed by atoms with Gasteiger partial charge < -0.3 is 25.3 Å². The number of fused-ring (bicyclic) bond motifs is 1. The van der Waals surface area contributed by atoms with Gasteiger partial charge in [-0.2, -0.15) is 0 Å². The highest BCUT2D eigenvalue weighted by Crippen LogP contribution is 2.22. The molecule has 172 valence electrons. The number of H-pyrrole nitrogens is 1. The number of aromatic amines is 1. The first-order valence-corrected chi connectivity index (χ1v) is 11.6. The minimum absolute atomic E-state index is 0. The number of hydrogen-bond acceptors (Lipinski definition) is 3. The molecule has 1 aromatic carbocycles. The molecule has 0 radical (unpaired) electrons. The van der Waals surface area contributed by atoms with E-state index in [0.29, 0.717) is 6.04 Å². The molecular formula is C24H38IN5O. The fraction of sp³-hybridized carbons (Fsp3) is 0.625. The second kappa shape index (κ2) is 12.1. The Balaban J connectivity index is 0.00000272. The highest BCUT2D eigenvalue weighted by molar-refractivity contribution is 14.0. The molecule has 2 fully saturated rings. The van der Waals surface area contributed by atoms with Crippen molar-refractivity contribution in [3.05, 3.63) is 35.5 Å². The number of hydrogen-bond donors (Lipinski definition) is 3. The lowest BCUT2D eigenvalue weighted by Crippen LogP contribution is -2.49. The number of benzene rings is 1.